The van der Waals surface area contributed by atoms with Crippen molar-refractivity contribution < 1.29 is 4.68 Å². The normalized spacial score (nSPS) is 18.8. The van der Waals surface area contributed by atoms with E-state index < -0.39 is 0 Å². The molecule has 0 radical (unpaired) electrons. The van der Waals surface area contributed by atoms with E-state index in [2.05, 4.69) is 32.1 Å². The highest BCUT2D eigenvalue weighted by Crippen LogP contribution is 2.19. The molecule has 0 fully saturated rings. The molecule has 56 valence electrons. The number of rotatable bonds is 0. The SMILES string of the molecule is C[N+]1=CCC(C(C)(C)C)=N1. The van der Waals surface area contributed by atoms with Crippen molar-refractivity contribution in [2.45, 2.75) is 27.2 Å². The standard InChI is InChI=1S/C8H15N2/c1-8(2,3)7-5-6-10(4)9-7/h6H,5H2,1-4H3/q+1. The Bertz CT molecular complexity index is 194. The van der Waals surface area contributed by atoms with Crippen LogP contribution in [0, 0.1) is 5.41 Å². The zero-order chi connectivity index (χ0) is 7.78. The van der Waals surface area contributed by atoms with Gasteiger partial charge in [0.2, 0.25) is 0 Å². The van der Waals surface area contributed by atoms with E-state index in [0.717, 1.165) is 6.42 Å². The van der Waals surface area contributed by atoms with Crippen LogP contribution in [0.3, 0.4) is 0 Å². The van der Waals surface area contributed by atoms with E-state index in [-0.39, 0.29) is 5.41 Å². The monoisotopic (exact) mass is 139 g/mol. The zero-order valence-corrected chi connectivity index (χ0v) is 7.18. The lowest BCUT2D eigenvalue weighted by Crippen LogP contribution is -2.18. The van der Waals surface area contributed by atoms with Crippen LogP contribution in [-0.2, 0) is 0 Å². The number of hydrazone groups is 1. The first kappa shape index (κ1) is 7.45. The molecule has 0 saturated heterocycles. The fourth-order valence-electron chi connectivity index (χ4n) is 0.947. The first-order valence-electron chi connectivity index (χ1n) is 3.64. The second kappa shape index (κ2) is 2.19. The van der Waals surface area contributed by atoms with Gasteiger partial charge >= 0.3 is 0 Å². The van der Waals surface area contributed by atoms with Gasteiger partial charge in [0.25, 0.3) is 0 Å². The summed E-state index contributed by atoms with van der Waals surface area (Å²) in [6, 6.07) is 0. The van der Waals surface area contributed by atoms with Gasteiger partial charge in [-0.1, -0.05) is 25.5 Å². The zero-order valence-electron chi connectivity index (χ0n) is 7.18. The van der Waals surface area contributed by atoms with Crippen molar-refractivity contribution in [3.05, 3.63) is 0 Å². The van der Waals surface area contributed by atoms with Crippen molar-refractivity contribution in [3.8, 4) is 0 Å². The summed E-state index contributed by atoms with van der Waals surface area (Å²) in [7, 11) is 1.97. The third-order valence-electron chi connectivity index (χ3n) is 1.69. The molecule has 0 bridgehead atoms. The van der Waals surface area contributed by atoms with E-state index in [1.807, 2.05) is 11.7 Å². The molecule has 1 heterocycles. The molecule has 0 aliphatic carbocycles. The highest BCUT2D eigenvalue weighted by Gasteiger charge is 2.25. The Morgan fingerprint density at radius 1 is 1.50 bits per heavy atom. The maximum Gasteiger partial charge on any atom is 0.178 e. The van der Waals surface area contributed by atoms with Crippen molar-refractivity contribution >= 4 is 11.9 Å². The van der Waals surface area contributed by atoms with Gasteiger partial charge in [-0.25, -0.2) is 0 Å². The summed E-state index contributed by atoms with van der Waals surface area (Å²) in [5, 5.41) is 4.35. The molecule has 2 nitrogen and oxygen atoms in total. The third kappa shape index (κ3) is 1.43. The van der Waals surface area contributed by atoms with Gasteiger partial charge in [0.1, 0.15) is 5.71 Å². The maximum absolute atomic E-state index is 4.35. The van der Waals surface area contributed by atoms with Crippen LogP contribution in [-0.4, -0.2) is 23.7 Å². The van der Waals surface area contributed by atoms with Gasteiger partial charge in [-0.15, -0.1) is 0 Å². The second-order valence-electron chi connectivity index (χ2n) is 3.76. The third-order valence-corrected chi connectivity index (χ3v) is 1.69. The van der Waals surface area contributed by atoms with Crippen molar-refractivity contribution in [2.75, 3.05) is 7.05 Å². The summed E-state index contributed by atoms with van der Waals surface area (Å²) < 4.78 is 1.89. The molecule has 0 N–H and O–H groups in total. The van der Waals surface area contributed by atoms with E-state index in [1.165, 1.54) is 5.71 Å². The van der Waals surface area contributed by atoms with Crippen molar-refractivity contribution in [1.82, 2.24) is 0 Å². The number of hydrogen-bond acceptors (Lipinski definition) is 1. The van der Waals surface area contributed by atoms with Crippen LogP contribution in [0.5, 0.6) is 0 Å². The molecule has 0 unspecified atom stereocenters. The maximum atomic E-state index is 4.35. The summed E-state index contributed by atoms with van der Waals surface area (Å²) in [5.74, 6) is 0. The fourth-order valence-corrected chi connectivity index (χ4v) is 0.947. The van der Waals surface area contributed by atoms with E-state index in [4.69, 9.17) is 0 Å². The van der Waals surface area contributed by atoms with Crippen molar-refractivity contribution in [3.63, 3.8) is 0 Å². The highest BCUT2D eigenvalue weighted by molar-refractivity contribution is 5.99. The minimum Gasteiger partial charge on any atom is -0.0977 e. The van der Waals surface area contributed by atoms with Crippen molar-refractivity contribution in [2.24, 2.45) is 10.5 Å². The molecule has 0 aromatic carbocycles. The summed E-state index contributed by atoms with van der Waals surface area (Å²) in [6.45, 7) is 6.58. The van der Waals surface area contributed by atoms with Crippen LogP contribution in [0.1, 0.15) is 27.2 Å². The highest BCUT2D eigenvalue weighted by atomic mass is 15.4. The molecular weight excluding hydrogens is 124 g/mol. The lowest BCUT2D eigenvalue weighted by Gasteiger charge is -2.14. The summed E-state index contributed by atoms with van der Waals surface area (Å²) >= 11 is 0. The van der Waals surface area contributed by atoms with Crippen LogP contribution in [0.15, 0.2) is 5.10 Å². The fraction of sp³-hybridized carbons (Fsp3) is 0.750. The molecule has 1 rings (SSSR count). The first-order chi connectivity index (χ1) is 4.50. The summed E-state index contributed by atoms with van der Waals surface area (Å²) in [6.07, 6.45) is 3.11. The van der Waals surface area contributed by atoms with E-state index in [0.29, 0.717) is 0 Å². The second-order valence-corrected chi connectivity index (χ2v) is 3.76. The van der Waals surface area contributed by atoms with Crippen LogP contribution >= 0.6 is 0 Å². The topological polar surface area (TPSA) is 15.4 Å². The molecule has 0 saturated carbocycles. The van der Waals surface area contributed by atoms with E-state index in [1.54, 1.807) is 0 Å². The molecule has 1 aliphatic rings. The summed E-state index contributed by atoms with van der Waals surface area (Å²) in [4.78, 5) is 0. The van der Waals surface area contributed by atoms with Gasteiger partial charge < -0.3 is 0 Å². The molecule has 10 heavy (non-hydrogen) atoms. The van der Waals surface area contributed by atoms with Gasteiger partial charge in [0.15, 0.2) is 13.3 Å². The number of hydrogen-bond donors (Lipinski definition) is 0. The smallest absolute Gasteiger partial charge is 0.0977 e. The predicted molar refractivity (Wildman–Crippen MR) is 43.8 cm³/mol. The minimum atomic E-state index is 0.237. The van der Waals surface area contributed by atoms with Crippen molar-refractivity contribution in [1.29, 1.82) is 0 Å². The Balaban J connectivity index is 2.73. The van der Waals surface area contributed by atoms with Gasteiger partial charge in [-0.3, -0.25) is 0 Å². The summed E-state index contributed by atoms with van der Waals surface area (Å²) in [5.41, 5.74) is 1.51. The quantitative estimate of drug-likeness (QED) is 0.452. The van der Waals surface area contributed by atoms with E-state index in [9.17, 15) is 0 Å². The Morgan fingerprint density at radius 2 is 2.10 bits per heavy atom. The lowest BCUT2D eigenvalue weighted by atomic mass is 9.89. The van der Waals surface area contributed by atoms with E-state index >= 15 is 0 Å². The van der Waals surface area contributed by atoms with Crippen LogP contribution in [0.2, 0.25) is 0 Å². The van der Waals surface area contributed by atoms with Gasteiger partial charge in [-0.05, 0) is 5.10 Å². The Labute approximate surface area is 62.3 Å². The van der Waals surface area contributed by atoms with Gasteiger partial charge in [0, 0.05) is 5.41 Å². The molecule has 0 spiro atoms. The average Bonchev–Trinajstić information content (AvgIpc) is 2.11. The first-order valence-corrected chi connectivity index (χ1v) is 3.64. The molecule has 1 aliphatic heterocycles. The molecule has 0 amide bonds. The van der Waals surface area contributed by atoms with Crippen LogP contribution in [0.4, 0.5) is 0 Å². The van der Waals surface area contributed by atoms with Gasteiger partial charge in [0.05, 0.1) is 6.42 Å². The Hall–Kier alpha value is -0.660. The molecular formula is C8H15N2+. The Kier molecular flexibility index (Phi) is 1.63. The van der Waals surface area contributed by atoms with Crippen LogP contribution in [0.25, 0.3) is 0 Å². The Morgan fingerprint density at radius 3 is 2.30 bits per heavy atom. The average molecular weight is 139 g/mol. The van der Waals surface area contributed by atoms with Gasteiger partial charge in [-0.2, -0.15) is 0 Å². The lowest BCUT2D eigenvalue weighted by molar-refractivity contribution is -0.495. The minimum absolute atomic E-state index is 0.237. The molecule has 0 aromatic heterocycles. The van der Waals surface area contributed by atoms with Crippen LogP contribution < -0.4 is 0 Å². The molecule has 0 atom stereocenters. The number of nitrogens with zero attached hydrogens (tertiary/aromatic N) is 2. The largest absolute Gasteiger partial charge is 0.178 e. The predicted octanol–water partition coefficient (Wildman–Crippen LogP) is 1.51. The molecule has 2 heteroatoms. The molecule has 0 aromatic rings.